The molecule has 1 fully saturated rings. The molecule has 0 aliphatic carbocycles. The molecule has 1 heterocycles. The van der Waals surface area contributed by atoms with Crippen LogP contribution in [0.5, 0.6) is 0 Å². The molecule has 0 aromatic heterocycles. The molecule has 0 radical (unpaired) electrons. The van der Waals surface area contributed by atoms with Crippen LogP contribution in [-0.2, 0) is 10.0 Å². The van der Waals surface area contributed by atoms with Gasteiger partial charge in [-0.2, -0.15) is 0 Å². The number of hydrogen-bond donors (Lipinski definition) is 1. The lowest BCUT2D eigenvalue weighted by Crippen LogP contribution is -2.32. The van der Waals surface area contributed by atoms with Crippen LogP contribution in [0.25, 0.3) is 0 Å². The molecule has 2 N–H and O–H groups in total. The summed E-state index contributed by atoms with van der Waals surface area (Å²) in [4.78, 5) is 14.4. The Morgan fingerprint density at radius 2 is 1.88 bits per heavy atom. The smallest absolute Gasteiger partial charge is 0.264 e. The molecule has 0 saturated carbocycles. The SMILES string of the molecule is Cc1ccc(N(C)S(=O)(=O)c2cccc(C(=O)N3CC[C@@H](N)C3)c2)cc1. The molecule has 1 amide bonds. The van der Waals surface area contributed by atoms with Gasteiger partial charge in [0.1, 0.15) is 0 Å². The summed E-state index contributed by atoms with van der Waals surface area (Å²) < 4.78 is 27.1. The molecule has 3 rings (SSSR count). The van der Waals surface area contributed by atoms with E-state index in [2.05, 4.69) is 0 Å². The van der Waals surface area contributed by atoms with E-state index in [0.29, 0.717) is 24.3 Å². The predicted molar refractivity (Wildman–Crippen MR) is 102 cm³/mol. The Labute approximate surface area is 154 Å². The average molecular weight is 373 g/mol. The maximum Gasteiger partial charge on any atom is 0.264 e. The van der Waals surface area contributed by atoms with Gasteiger partial charge in [-0.25, -0.2) is 8.42 Å². The molecule has 1 aliphatic heterocycles. The van der Waals surface area contributed by atoms with E-state index < -0.39 is 10.0 Å². The monoisotopic (exact) mass is 373 g/mol. The minimum Gasteiger partial charge on any atom is -0.337 e. The first kappa shape index (κ1) is 18.4. The zero-order valence-corrected chi connectivity index (χ0v) is 15.7. The molecule has 26 heavy (non-hydrogen) atoms. The van der Waals surface area contributed by atoms with E-state index in [9.17, 15) is 13.2 Å². The minimum atomic E-state index is -3.76. The second kappa shape index (κ2) is 7.09. The molecule has 7 heteroatoms. The first-order valence-corrected chi connectivity index (χ1v) is 9.93. The van der Waals surface area contributed by atoms with Gasteiger partial charge >= 0.3 is 0 Å². The molecule has 0 bridgehead atoms. The molecule has 0 spiro atoms. The topological polar surface area (TPSA) is 83.7 Å². The Hall–Kier alpha value is -2.38. The maximum absolute atomic E-state index is 12.9. The summed E-state index contributed by atoms with van der Waals surface area (Å²) in [6, 6.07) is 13.4. The molecular formula is C19H23N3O3S. The summed E-state index contributed by atoms with van der Waals surface area (Å²) in [5, 5.41) is 0. The van der Waals surface area contributed by atoms with E-state index in [1.165, 1.54) is 23.5 Å². The van der Waals surface area contributed by atoms with Crippen molar-refractivity contribution in [3.8, 4) is 0 Å². The number of sulfonamides is 1. The van der Waals surface area contributed by atoms with Gasteiger partial charge in [-0.1, -0.05) is 23.8 Å². The standard InChI is InChI=1S/C19H23N3O3S/c1-14-6-8-17(9-7-14)21(2)26(24,25)18-5-3-4-15(12-18)19(23)22-11-10-16(20)13-22/h3-9,12,16H,10-11,13,20H2,1-2H3/t16-/m1/s1. The van der Waals surface area contributed by atoms with Crippen LogP contribution in [0.3, 0.4) is 0 Å². The summed E-state index contributed by atoms with van der Waals surface area (Å²) in [5.41, 5.74) is 7.84. The summed E-state index contributed by atoms with van der Waals surface area (Å²) >= 11 is 0. The highest BCUT2D eigenvalue weighted by Crippen LogP contribution is 2.23. The van der Waals surface area contributed by atoms with E-state index in [1.807, 2.05) is 19.1 Å². The Kier molecular flexibility index (Phi) is 5.02. The molecule has 1 aliphatic rings. The lowest BCUT2D eigenvalue weighted by Gasteiger charge is -2.21. The van der Waals surface area contributed by atoms with Crippen molar-refractivity contribution in [3.05, 3.63) is 59.7 Å². The van der Waals surface area contributed by atoms with Crippen LogP contribution in [0, 0.1) is 6.92 Å². The first-order valence-electron chi connectivity index (χ1n) is 8.49. The quantitative estimate of drug-likeness (QED) is 0.888. The molecule has 2 aromatic rings. The zero-order chi connectivity index (χ0) is 18.9. The fourth-order valence-electron chi connectivity index (χ4n) is 3.00. The number of likely N-dealkylation sites (tertiary alicyclic amines) is 1. The molecular weight excluding hydrogens is 350 g/mol. The van der Waals surface area contributed by atoms with Crippen LogP contribution in [-0.4, -0.2) is 45.4 Å². The number of nitrogens with two attached hydrogens (primary N) is 1. The van der Waals surface area contributed by atoms with Crippen LogP contribution >= 0.6 is 0 Å². The summed E-state index contributed by atoms with van der Waals surface area (Å²) in [5.74, 6) is -0.187. The van der Waals surface area contributed by atoms with Crippen molar-refractivity contribution in [2.45, 2.75) is 24.3 Å². The first-order chi connectivity index (χ1) is 12.3. The van der Waals surface area contributed by atoms with Crippen molar-refractivity contribution in [2.75, 3.05) is 24.4 Å². The van der Waals surface area contributed by atoms with Gasteiger partial charge in [0, 0.05) is 31.7 Å². The fraction of sp³-hybridized carbons (Fsp3) is 0.316. The Morgan fingerprint density at radius 3 is 2.50 bits per heavy atom. The number of carbonyl (C=O) groups is 1. The molecule has 0 unspecified atom stereocenters. The lowest BCUT2D eigenvalue weighted by molar-refractivity contribution is 0.0790. The fourth-order valence-corrected chi connectivity index (χ4v) is 4.24. The minimum absolute atomic E-state index is 0.0152. The van der Waals surface area contributed by atoms with Crippen molar-refractivity contribution in [2.24, 2.45) is 5.73 Å². The number of amides is 1. The molecule has 2 aromatic carbocycles. The maximum atomic E-state index is 12.9. The van der Waals surface area contributed by atoms with Crippen LogP contribution < -0.4 is 10.0 Å². The van der Waals surface area contributed by atoms with Crippen LogP contribution in [0.15, 0.2) is 53.4 Å². The lowest BCUT2D eigenvalue weighted by atomic mass is 10.2. The third-order valence-corrected chi connectivity index (χ3v) is 6.43. The van der Waals surface area contributed by atoms with Gasteiger partial charge in [-0.15, -0.1) is 0 Å². The van der Waals surface area contributed by atoms with E-state index >= 15 is 0 Å². The highest BCUT2D eigenvalue weighted by molar-refractivity contribution is 7.92. The van der Waals surface area contributed by atoms with Gasteiger partial charge in [0.25, 0.3) is 15.9 Å². The molecule has 138 valence electrons. The normalized spacial score (nSPS) is 17.3. The number of aryl methyl sites for hydroxylation is 1. The highest BCUT2D eigenvalue weighted by atomic mass is 32.2. The molecule has 6 nitrogen and oxygen atoms in total. The third-order valence-electron chi connectivity index (χ3n) is 4.65. The number of benzene rings is 2. The third kappa shape index (κ3) is 3.59. The van der Waals surface area contributed by atoms with E-state index in [-0.39, 0.29) is 16.8 Å². The summed E-state index contributed by atoms with van der Waals surface area (Å²) in [6.07, 6.45) is 0.764. The number of carbonyl (C=O) groups excluding carboxylic acids is 1. The largest absolute Gasteiger partial charge is 0.337 e. The van der Waals surface area contributed by atoms with Crippen LogP contribution in [0.1, 0.15) is 22.3 Å². The van der Waals surface area contributed by atoms with Crippen LogP contribution in [0.2, 0.25) is 0 Å². The van der Waals surface area contributed by atoms with Crippen molar-refractivity contribution in [1.82, 2.24) is 4.90 Å². The predicted octanol–water partition coefficient (Wildman–Crippen LogP) is 1.99. The van der Waals surface area contributed by atoms with Gasteiger partial charge in [-0.3, -0.25) is 9.10 Å². The number of nitrogens with zero attached hydrogens (tertiary/aromatic N) is 2. The number of hydrogen-bond acceptors (Lipinski definition) is 4. The van der Waals surface area contributed by atoms with E-state index in [1.54, 1.807) is 29.2 Å². The highest BCUT2D eigenvalue weighted by Gasteiger charge is 2.27. The molecule has 1 atom stereocenters. The Balaban J connectivity index is 1.88. The zero-order valence-electron chi connectivity index (χ0n) is 14.9. The van der Waals surface area contributed by atoms with E-state index in [4.69, 9.17) is 5.73 Å². The number of anilines is 1. The van der Waals surface area contributed by atoms with Gasteiger partial charge in [0.15, 0.2) is 0 Å². The second-order valence-electron chi connectivity index (χ2n) is 6.64. The van der Waals surface area contributed by atoms with Gasteiger partial charge in [0.2, 0.25) is 0 Å². The second-order valence-corrected chi connectivity index (χ2v) is 8.61. The van der Waals surface area contributed by atoms with Crippen molar-refractivity contribution in [3.63, 3.8) is 0 Å². The number of rotatable bonds is 4. The van der Waals surface area contributed by atoms with Crippen molar-refractivity contribution < 1.29 is 13.2 Å². The van der Waals surface area contributed by atoms with Crippen molar-refractivity contribution >= 4 is 21.6 Å². The van der Waals surface area contributed by atoms with Crippen LogP contribution in [0.4, 0.5) is 5.69 Å². The Morgan fingerprint density at radius 1 is 1.19 bits per heavy atom. The van der Waals surface area contributed by atoms with Gasteiger partial charge < -0.3 is 10.6 Å². The van der Waals surface area contributed by atoms with E-state index in [0.717, 1.165) is 12.0 Å². The summed E-state index contributed by atoms with van der Waals surface area (Å²) in [7, 11) is -2.25. The Bertz CT molecular complexity index is 910. The van der Waals surface area contributed by atoms with Gasteiger partial charge in [-0.05, 0) is 43.7 Å². The molecule has 1 saturated heterocycles. The van der Waals surface area contributed by atoms with Gasteiger partial charge in [0.05, 0.1) is 10.6 Å². The van der Waals surface area contributed by atoms with Crippen molar-refractivity contribution in [1.29, 1.82) is 0 Å². The summed E-state index contributed by atoms with van der Waals surface area (Å²) in [6.45, 7) is 3.04. The average Bonchev–Trinajstić information content (AvgIpc) is 3.07.